The number of hydrogen-bond donors (Lipinski definition) is 3. The highest BCUT2D eigenvalue weighted by Gasteiger charge is 2.39. The minimum atomic E-state index is -0.599. The molecule has 0 radical (unpaired) electrons. The van der Waals surface area contributed by atoms with Crippen molar-refractivity contribution in [2.24, 2.45) is 11.8 Å². The highest BCUT2D eigenvalue weighted by atomic mass is 16.5. The van der Waals surface area contributed by atoms with E-state index in [0.29, 0.717) is 12.8 Å². The fourth-order valence-electron chi connectivity index (χ4n) is 3.18. The van der Waals surface area contributed by atoms with Gasteiger partial charge in [0.05, 0.1) is 31.8 Å². The Morgan fingerprint density at radius 1 is 1.25 bits per heavy atom. The molecule has 0 aromatic heterocycles. The first-order valence-electron chi connectivity index (χ1n) is 8.93. The number of allylic oxidation sites excluding steroid dienone is 1. The molecule has 5 heteroatoms. The maximum Gasteiger partial charge on any atom is 0.309 e. The van der Waals surface area contributed by atoms with Crippen LogP contribution in [0.4, 0.5) is 0 Å². The van der Waals surface area contributed by atoms with E-state index in [2.05, 4.69) is 11.7 Å². The molecule has 1 aliphatic rings. The molecule has 0 aromatic carbocycles. The number of hydrogen-bond acceptors (Lipinski definition) is 5. The molecule has 0 aromatic rings. The van der Waals surface area contributed by atoms with Crippen molar-refractivity contribution < 1.29 is 24.9 Å². The van der Waals surface area contributed by atoms with Crippen LogP contribution in [-0.2, 0) is 9.53 Å². The standard InChI is InChI=1S/C19H32O5/c1-3-4-5-8-14(20)11-12-16-15(17(21)13-18(16)22)9-6-7-10-19(23)24-2/h6-7,11-12,14-18,20-22H,3-5,8-10,13H2,1-2H3/b7-6-,12-11+/t14-,15-,16+,17-,18+/m1/s1. The normalized spacial score (nSPS) is 28.7. The summed E-state index contributed by atoms with van der Waals surface area (Å²) in [5, 5.41) is 30.3. The summed E-state index contributed by atoms with van der Waals surface area (Å²) in [4.78, 5) is 11.1. The van der Waals surface area contributed by atoms with Crippen LogP contribution in [0, 0.1) is 11.8 Å². The molecular weight excluding hydrogens is 308 g/mol. The number of aliphatic hydroxyl groups is 3. The van der Waals surface area contributed by atoms with Gasteiger partial charge in [0.15, 0.2) is 0 Å². The van der Waals surface area contributed by atoms with Gasteiger partial charge in [0.1, 0.15) is 0 Å². The van der Waals surface area contributed by atoms with Gasteiger partial charge in [-0.15, -0.1) is 0 Å². The monoisotopic (exact) mass is 340 g/mol. The van der Waals surface area contributed by atoms with Crippen molar-refractivity contribution >= 4 is 5.97 Å². The topological polar surface area (TPSA) is 87.0 Å². The number of rotatable bonds is 10. The molecule has 5 nitrogen and oxygen atoms in total. The summed E-state index contributed by atoms with van der Waals surface area (Å²) in [5.41, 5.74) is 0. The summed E-state index contributed by atoms with van der Waals surface area (Å²) in [6.45, 7) is 2.12. The molecule has 1 aliphatic carbocycles. The van der Waals surface area contributed by atoms with Crippen molar-refractivity contribution in [1.29, 1.82) is 0 Å². The molecule has 0 spiro atoms. The molecule has 5 atom stereocenters. The number of carbonyl (C=O) groups excluding carboxylic acids is 1. The second-order valence-corrected chi connectivity index (χ2v) is 6.55. The van der Waals surface area contributed by atoms with Crippen molar-refractivity contribution in [3.8, 4) is 0 Å². The molecule has 0 heterocycles. The third-order valence-electron chi connectivity index (χ3n) is 4.66. The fraction of sp³-hybridized carbons (Fsp3) is 0.737. The first-order chi connectivity index (χ1) is 11.5. The minimum Gasteiger partial charge on any atom is -0.469 e. The summed E-state index contributed by atoms with van der Waals surface area (Å²) in [5.74, 6) is -0.582. The van der Waals surface area contributed by atoms with Gasteiger partial charge in [-0.1, -0.05) is 50.5 Å². The van der Waals surface area contributed by atoms with Crippen LogP contribution < -0.4 is 0 Å². The van der Waals surface area contributed by atoms with Crippen LogP contribution in [0.1, 0.15) is 51.9 Å². The van der Waals surface area contributed by atoms with E-state index in [1.54, 1.807) is 12.2 Å². The van der Waals surface area contributed by atoms with Crippen LogP contribution in [0.2, 0.25) is 0 Å². The number of aliphatic hydroxyl groups excluding tert-OH is 3. The van der Waals surface area contributed by atoms with Crippen molar-refractivity contribution in [3.63, 3.8) is 0 Å². The smallest absolute Gasteiger partial charge is 0.309 e. The van der Waals surface area contributed by atoms with Crippen LogP contribution >= 0.6 is 0 Å². The van der Waals surface area contributed by atoms with E-state index >= 15 is 0 Å². The molecule has 0 saturated heterocycles. The lowest BCUT2D eigenvalue weighted by Crippen LogP contribution is -2.20. The number of ether oxygens (including phenoxy) is 1. The van der Waals surface area contributed by atoms with E-state index in [0.717, 1.165) is 25.7 Å². The van der Waals surface area contributed by atoms with Crippen LogP contribution in [0.3, 0.4) is 0 Å². The predicted molar refractivity (Wildman–Crippen MR) is 93.3 cm³/mol. The first kappa shape index (κ1) is 20.9. The lowest BCUT2D eigenvalue weighted by molar-refractivity contribution is -0.139. The second kappa shape index (κ2) is 11.4. The van der Waals surface area contributed by atoms with Gasteiger partial charge in [-0.25, -0.2) is 0 Å². The largest absolute Gasteiger partial charge is 0.469 e. The number of carbonyl (C=O) groups is 1. The fourth-order valence-corrected chi connectivity index (χ4v) is 3.18. The van der Waals surface area contributed by atoms with E-state index in [-0.39, 0.29) is 24.2 Å². The van der Waals surface area contributed by atoms with Gasteiger partial charge in [-0.05, 0) is 18.8 Å². The van der Waals surface area contributed by atoms with Gasteiger partial charge in [0.25, 0.3) is 0 Å². The Hall–Kier alpha value is -1.17. The first-order valence-corrected chi connectivity index (χ1v) is 8.93. The van der Waals surface area contributed by atoms with E-state index in [9.17, 15) is 20.1 Å². The second-order valence-electron chi connectivity index (χ2n) is 6.55. The van der Waals surface area contributed by atoms with Crippen molar-refractivity contribution in [1.82, 2.24) is 0 Å². The van der Waals surface area contributed by atoms with Gasteiger partial charge >= 0.3 is 5.97 Å². The molecule has 0 bridgehead atoms. The Kier molecular flexibility index (Phi) is 9.91. The zero-order valence-electron chi connectivity index (χ0n) is 14.8. The highest BCUT2D eigenvalue weighted by molar-refractivity contribution is 5.70. The van der Waals surface area contributed by atoms with E-state index < -0.39 is 18.3 Å². The summed E-state index contributed by atoms with van der Waals surface area (Å²) < 4.78 is 4.57. The Balaban J connectivity index is 2.54. The van der Waals surface area contributed by atoms with Crippen molar-refractivity contribution in [2.45, 2.75) is 70.2 Å². The average molecular weight is 340 g/mol. The Morgan fingerprint density at radius 3 is 2.67 bits per heavy atom. The summed E-state index contributed by atoms with van der Waals surface area (Å²) in [7, 11) is 1.35. The van der Waals surface area contributed by atoms with Crippen LogP contribution in [0.15, 0.2) is 24.3 Å². The molecule has 0 amide bonds. The number of esters is 1. The van der Waals surface area contributed by atoms with Crippen LogP contribution in [0.5, 0.6) is 0 Å². The molecule has 1 saturated carbocycles. The Morgan fingerprint density at radius 2 is 2.00 bits per heavy atom. The third kappa shape index (κ3) is 7.16. The Labute approximate surface area is 145 Å². The van der Waals surface area contributed by atoms with Gasteiger partial charge in [-0.3, -0.25) is 4.79 Å². The van der Waals surface area contributed by atoms with Crippen LogP contribution in [0.25, 0.3) is 0 Å². The summed E-state index contributed by atoms with van der Waals surface area (Å²) >= 11 is 0. The molecular formula is C19H32O5. The van der Waals surface area contributed by atoms with Crippen LogP contribution in [-0.4, -0.2) is 46.7 Å². The van der Waals surface area contributed by atoms with Gasteiger partial charge in [0, 0.05) is 12.3 Å². The van der Waals surface area contributed by atoms with E-state index in [1.165, 1.54) is 7.11 Å². The number of methoxy groups -OCH3 is 1. The van der Waals surface area contributed by atoms with E-state index in [1.807, 2.05) is 12.2 Å². The van der Waals surface area contributed by atoms with E-state index in [4.69, 9.17) is 0 Å². The van der Waals surface area contributed by atoms with Crippen molar-refractivity contribution in [3.05, 3.63) is 24.3 Å². The minimum absolute atomic E-state index is 0.104. The van der Waals surface area contributed by atoms with Gasteiger partial charge in [-0.2, -0.15) is 0 Å². The molecule has 1 fully saturated rings. The lowest BCUT2D eigenvalue weighted by Gasteiger charge is -2.19. The highest BCUT2D eigenvalue weighted by Crippen LogP contribution is 2.36. The summed E-state index contributed by atoms with van der Waals surface area (Å²) in [6, 6.07) is 0. The SMILES string of the molecule is CCCCC[C@@H](O)/C=C/[C@H]1[C@@H](C/C=C\CC(=O)OC)[C@H](O)C[C@@H]1O. The van der Waals surface area contributed by atoms with Crippen molar-refractivity contribution in [2.75, 3.05) is 7.11 Å². The number of unbranched alkanes of at least 4 members (excludes halogenated alkanes) is 2. The zero-order valence-corrected chi connectivity index (χ0v) is 14.8. The quantitative estimate of drug-likeness (QED) is 0.323. The molecule has 0 aliphatic heterocycles. The molecule has 24 heavy (non-hydrogen) atoms. The Bertz CT molecular complexity index is 418. The molecule has 3 N–H and O–H groups in total. The maximum atomic E-state index is 11.1. The summed E-state index contributed by atoms with van der Waals surface area (Å²) in [6.07, 6.45) is 10.5. The lowest BCUT2D eigenvalue weighted by atomic mass is 9.89. The molecule has 138 valence electrons. The third-order valence-corrected chi connectivity index (χ3v) is 4.66. The average Bonchev–Trinajstić information content (AvgIpc) is 2.82. The molecule has 1 rings (SSSR count). The van der Waals surface area contributed by atoms with Gasteiger partial charge < -0.3 is 20.1 Å². The molecule has 0 unspecified atom stereocenters. The predicted octanol–water partition coefficient (Wildman–Crippen LogP) is 2.35. The zero-order chi connectivity index (χ0) is 17.9. The van der Waals surface area contributed by atoms with Gasteiger partial charge in [0.2, 0.25) is 0 Å². The maximum absolute atomic E-state index is 11.1.